The van der Waals surface area contributed by atoms with Gasteiger partial charge in [-0.1, -0.05) is 48.0 Å². The monoisotopic (exact) mass is 343 g/mol. The van der Waals surface area contributed by atoms with Crippen molar-refractivity contribution in [2.24, 2.45) is 0 Å². The molecule has 0 aliphatic carbocycles. The second-order valence-electron chi connectivity index (χ2n) is 6.73. The van der Waals surface area contributed by atoms with Crippen molar-refractivity contribution in [2.45, 2.75) is 31.7 Å². The van der Waals surface area contributed by atoms with Crippen molar-refractivity contribution in [3.05, 3.63) is 65.2 Å². The number of carbonyl (C=O) groups is 1. The average molecular weight is 344 g/mol. The third-order valence-corrected chi connectivity index (χ3v) is 5.20. The molecule has 2 aromatic rings. The maximum Gasteiger partial charge on any atom is 0.322 e. The lowest BCUT2D eigenvalue weighted by Gasteiger charge is -2.37. The first kappa shape index (κ1) is 17.0. The molecule has 0 radical (unpaired) electrons. The van der Waals surface area contributed by atoms with Gasteiger partial charge in [-0.3, -0.25) is 9.69 Å². The number of hydrogen-bond acceptors (Lipinski definition) is 3. The number of benzene rings is 2. The second kappa shape index (κ2) is 6.58. The zero-order valence-corrected chi connectivity index (χ0v) is 14.6. The fraction of sp³-hybridized carbons (Fsp3) is 0.350. The van der Waals surface area contributed by atoms with Gasteiger partial charge in [-0.15, -0.1) is 12.4 Å². The molecule has 3 nitrogen and oxygen atoms in total. The van der Waals surface area contributed by atoms with E-state index in [1.54, 1.807) is 0 Å². The molecule has 0 amide bonds. The number of rotatable bonds is 2. The molecule has 4 rings (SSSR count). The second-order valence-corrected chi connectivity index (χ2v) is 6.73. The molecular weight excluding hydrogens is 322 g/mol. The lowest BCUT2D eigenvalue weighted by Crippen LogP contribution is -2.45. The van der Waals surface area contributed by atoms with Crippen LogP contribution in [0.4, 0.5) is 0 Å². The Hall–Kier alpha value is -1.84. The van der Waals surface area contributed by atoms with Crippen molar-refractivity contribution in [1.82, 2.24) is 4.90 Å². The summed E-state index contributed by atoms with van der Waals surface area (Å²) in [5.41, 5.74) is 3.19. The Bertz CT molecular complexity index is 737. The van der Waals surface area contributed by atoms with E-state index in [1.807, 2.05) is 18.2 Å². The minimum Gasteiger partial charge on any atom is -0.426 e. The van der Waals surface area contributed by atoms with E-state index in [1.165, 1.54) is 11.1 Å². The summed E-state index contributed by atoms with van der Waals surface area (Å²) in [6.45, 7) is 4.88. The number of fused-ring (bicyclic) bond motifs is 2. The van der Waals surface area contributed by atoms with E-state index in [-0.39, 0.29) is 18.4 Å². The Kier molecular flexibility index (Phi) is 4.66. The lowest BCUT2D eigenvalue weighted by atomic mass is 9.73. The van der Waals surface area contributed by atoms with Crippen molar-refractivity contribution in [2.75, 3.05) is 13.1 Å². The minimum absolute atomic E-state index is 0. The Balaban J connectivity index is 0.00000169. The first-order valence-corrected chi connectivity index (χ1v) is 8.27. The third-order valence-electron chi connectivity index (χ3n) is 5.20. The van der Waals surface area contributed by atoms with E-state index >= 15 is 0 Å². The quantitative estimate of drug-likeness (QED) is 0.612. The molecule has 0 bridgehead atoms. The molecule has 0 atom stereocenters. The summed E-state index contributed by atoms with van der Waals surface area (Å²) in [4.78, 5) is 15.0. The molecule has 0 unspecified atom stereocenters. The molecule has 0 aromatic heterocycles. The van der Waals surface area contributed by atoms with E-state index < -0.39 is 5.41 Å². The Labute approximate surface area is 149 Å². The smallest absolute Gasteiger partial charge is 0.322 e. The van der Waals surface area contributed by atoms with Crippen LogP contribution in [0, 0.1) is 6.92 Å². The van der Waals surface area contributed by atoms with Gasteiger partial charge in [0, 0.05) is 12.1 Å². The van der Waals surface area contributed by atoms with Crippen molar-refractivity contribution in [3.63, 3.8) is 0 Å². The summed E-state index contributed by atoms with van der Waals surface area (Å²) in [5, 5.41) is 0. The summed E-state index contributed by atoms with van der Waals surface area (Å²) >= 11 is 0. The van der Waals surface area contributed by atoms with Crippen molar-refractivity contribution in [1.29, 1.82) is 0 Å². The number of piperidine rings is 1. The Morgan fingerprint density at radius 1 is 1.08 bits per heavy atom. The van der Waals surface area contributed by atoms with Crippen LogP contribution in [-0.4, -0.2) is 24.0 Å². The van der Waals surface area contributed by atoms with E-state index in [4.69, 9.17) is 4.74 Å². The van der Waals surface area contributed by atoms with E-state index in [0.717, 1.165) is 43.8 Å². The van der Waals surface area contributed by atoms with Crippen molar-refractivity contribution < 1.29 is 9.53 Å². The molecule has 1 fully saturated rings. The molecule has 2 aliphatic heterocycles. The molecule has 2 heterocycles. The highest BCUT2D eigenvalue weighted by Gasteiger charge is 2.50. The van der Waals surface area contributed by atoms with Crippen LogP contribution >= 0.6 is 12.4 Å². The van der Waals surface area contributed by atoms with E-state index in [9.17, 15) is 4.79 Å². The molecule has 4 heteroatoms. The van der Waals surface area contributed by atoms with Gasteiger partial charge in [0.05, 0.1) is 5.41 Å². The zero-order chi connectivity index (χ0) is 15.9. The number of likely N-dealkylation sites (tertiary alicyclic amines) is 1. The Morgan fingerprint density at radius 3 is 2.50 bits per heavy atom. The van der Waals surface area contributed by atoms with Gasteiger partial charge in [0.15, 0.2) is 0 Å². The highest BCUT2D eigenvalue weighted by atomic mass is 35.5. The first-order valence-electron chi connectivity index (χ1n) is 8.27. The molecule has 0 saturated carbocycles. The molecule has 0 N–H and O–H groups in total. The maximum absolute atomic E-state index is 12.5. The number of ether oxygens (including phenoxy) is 1. The van der Waals surface area contributed by atoms with Crippen LogP contribution in [0.5, 0.6) is 5.75 Å². The normalized spacial score (nSPS) is 18.8. The molecule has 1 saturated heterocycles. The lowest BCUT2D eigenvalue weighted by molar-refractivity contribution is -0.140. The molecule has 126 valence electrons. The van der Waals surface area contributed by atoms with Crippen molar-refractivity contribution in [3.8, 4) is 5.75 Å². The number of hydrogen-bond donors (Lipinski definition) is 0. The Morgan fingerprint density at radius 2 is 1.79 bits per heavy atom. The van der Waals surface area contributed by atoms with Crippen LogP contribution in [0.15, 0.2) is 48.5 Å². The van der Waals surface area contributed by atoms with Gasteiger partial charge in [0.25, 0.3) is 0 Å². The fourth-order valence-electron chi connectivity index (χ4n) is 3.82. The summed E-state index contributed by atoms with van der Waals surface area (Å²) in [7, 11) is 0. The molecular formula is C20H22ClNO2. The van der Waals surface area contributed by atoms with Gasteiger partial charge in [0.1, 0.15) is 5.75 Å². The number of halogens is 1. The van der Waals surface area contributed by atoms with Gasteiger partial charge in [-0.05, 0) is 44.5 Å². The zero-order valence-electron chi connectivity index (χ0n) is 13.8. The molecule has 1 spiro atoms. The minimum atomic E-state index is -0.422. The van der Waals surface area contributed by atoms with E-state index in [0.29, 0.717) is 0 Å². The number of esters is 1. The van der Waals surface area contributed by atoms with Crippen LogP contribution in [0.2, 0.25) is 0 Å². The predicted molar refractivity (Wildman–Crippen MR) is 96.7 cm³/mol. The first-order chi connectivity index (χ1) is 11.2. The van der Waals surface area contributed by atoms with Crippen LogP contribution in [-0.2, 0) is 16.8 Å². The third kappa shape index (κ3) is 2.83. The highest BCUT2D eigenvalue weighted by molar-refractivity contribution is 5.90. The van der Waals surface area contributed by atoms with Gasteiger partial charge in [-0.2, -0.15) is 0 Å². The summed E-state index contributed by atoms with van der Waals surface area (Å²) in [6, 6.07) is 16.6. The predicted octanol–water partition coefficient (Wildman–Crippen LogP) is 3.87. The SMILES string of the molecule is Cc1ccc2c(c1)C1(CCN(Cc3ccccc3)CC1)C(=O)O2.Cl. The van der Waals surface area contributed by atoms with Gasteiger partial charge in [0.2, 0.25) is 0 Å². The van der Waals surface area contributed by atoms with Gasteiger partial charge in [-0.25, -0.2) is 0 Å². The summed E-state index contributed by atoms with van der Waals surface area (Å²) < 4.78 is 5.55. The van der Waals surface area contributed by atoms with Gasteiger partial charge >= 0.3 is 5.97 Å². The summed E-state index contributed by atoms with van der Waals surface area (Å²) in [6.07, 6.45) is 1.68. The largest absolute Gasteiger partial charge is 0.426 e. The van der Waals surface area contributed by atoms with Crippen molar-refractivity contribution >= 4 is 18.4 Å². The average Bonchev–Trinajstić information content (AvgIpc) is 2.83. The van der Waals surface area contributed by atoms with Crippen LogP contribution in [0.1, 0.15) is 29.5 Å². The summed E-state index contributed by atoms with van der Waals surface area (Å²) in [5.74, 6) is 0.703. The van der Waals surface area contributed by atoms with Gasteiger partial charge < -0.3 is 4.74 Å². The van der Waals surface area contributed by atoms with Crippen LogP contribution in [0.3, 0.4) is 0 Å². The topological polar surface area (TPSA) is 29.5 Å². The standard InChI is InChI=1S/C20H21NO2.ClH/c1-15-7-8-18-17(13-15)20(19(22)23-18)9-11-21(12-10-20)14-16-5-3-2-4-6-16;/h2-8,13H,9-12,14H2,1H3;1H. The van der Waals surface area contributed by atoms with E-state index in [2.05, 4.69) is 42.2 Å². The van der Waals surface area contributed by atoms with Crippen LogP contribution in [0.25, 0.3) is 0 Å². The molecule has 2 aromatic carbocycles. The number of aryl methyl sites for hydroxylation is 1. The maximum atomic E-state index is 12.5. The highest BCUT2D eigenvalue weighted by Crippen LogP contribution is 2.46. The van der Waals surface area contributed by atoms with Crippen LogP contribution < -0.4 is 4.74 Å². The number of nitrogens with zero attached hydrogens (tertiary/aromatic N) is 1. The number of carbonyl (C=O) groups excluding carboxylic acids is 1. The fourth-order valence-corrected chi connectivity index (χ4v) is 3.82. The molecule has 2 aliphatic rings. The molecule has 24 heavy (non-hydrogen) atoms.